The van der Waals surface area contributed by atoms with Crippen LogP contribution in [0, 0.1) is 11.8 Å². The van der Waals surface area contributed by atoms with Crippen LogP contribution in [-0.4, -0.2) is 34.8 Å². The van der Waals surface area contributed by atoms with Gasteiger partial charge in [0, 0.05) is 24.8 Å². The average molecular weight is 361 g/mol. The SMILES string of the molecule is CC#CC(=O)N1CCC=C(c2cnc(C(N)=O)c3c2C2=C(CCCC2)C3)C1. The van der Waals surface area contributed by atoms with Crippen LogP contribution < -0.4 is 5.73 Å². The molecule has 5 heteroatoms. The molecule has 0 radical (unpaired) electrons. The van der Waals surface area contributed by atoms with E-state index in [1.165, 1.54) is 24.0 Å². The summed E-state index contributed by atoms with van der Waals surface area (Å²) in [5.74, 6) is 4.71. The molecule has 5 nitrogen and oxygen atoms in total. The maximum Gasteiger partial charge on any atom is 0.298 e. The van der Waals surface area contributed by atoms with Gasteiger partial charge in [-0.3, -0.25) is 14.6 Å². The van der Waals surface area contributed by atoms with Gasteiger partial charge in [0.15, 0.2) is 0 Å². The van der Waals surface area contributed by atoms with Crippen molar-refractivity contribution in [1.82, 2.24) is 9.88 Å². The predicted molar refractivity (Wildman–Crippen MR) is 104 cm³/mol. The third-order valence-electron chi connectivity index (χ3n) is 5.70. The first kappa shape index (κ1) is 17.5. The average Bonchev–Trinajstić information content (AvgIpc) is 3.07. The van der Waals surface area contributed by atoms with Crippen LogP contribution in [0.15, 0.2) is 17.8 Å². The van der Waals surface area contributed by atoms with Gasteiger partial charge < -0.3 is 10.6 Å². The van der Waals surface area contributed by atoms with Crippen molar-refractivity contribution in [2.45, 2.75) is 45.4 Å². The van der Waals surface area contributed by atoms with Crippen molar-refractivity contribution >= 4 is 23.0 Å². The van der Waals surface area contributed by atoms with E-state index in [2.05, 4.69) is 22.9 Å². The van der Waals surface area contributed by atoms with Gasteiger partial charge in [0.05, 0.1) is 0 Å². The second-order valence-electron chi connectivity index (χ2n) is 7.32. The normalized spacial score (nSPS) is 18.3. The molecule has 3 aliphatic rings. The maximum absolute atomic E-state index is 12.2. The quantitative estimate of drug-likeness (QED) is 0.823. The van der Waals surface area contributed by atoms with E-state index in [9.17, 15) is 9.59 Å². The molecule has 0 bridgehead atoms. The fourth-order valence-corrected chi connectivity index (χ4v) is 4.50. The Morgan fingerprint density at radius 3 is 2.85 bits per heavy atom. The molecule has 0 saturated carbocycles. The van der Waals surface area contributed by atoms with Crippen molar-refractivity contribution in [3.05, 3.63) is 40.2 Å². The zero-order chi connectivity index (χ0) is 19.0. The smallest absolute Gasteiger partial charge is 0.298 e. The van der Waals surface area contributed by atoms with Gasteiger partial charge in [0.1, 0.15) is 5.69 Å². The van der Waals surface area contributed by atoms with E-state index in [4.69, 9.17) is 5.73 Å². The minimum absolute atomic E-state index is 0.140. The maximum atomic E-state index is 12.2. The molecule has 2 aliphatic carbocycles. The zero-order valence-corrected chi connectivity index (χ0v) is 15.6. The summed E-state index contributed by atoms with van der Waals surface area (Å²) in [7, 11) is 0. The molecule has 2 amide bonds. The molecule has 0 unspecified atom stereocenters. The number of aromatic nitrogens is 1. The van der Waals surface area contributed by atoms with Crippen LogP contribution in [0.1, 0.15) is 66.2 Å². The van der Waals surface area contributed by atoms with Crippen LogP contribution in [0.2, 0.25) is 0 Å². The highest BCUT2D eigenvalue weighted by molar-refractivity contribution is 5.98. The number of rotatable bonds is 2. The van der Waals surface area contributed by atoms with Gasteiger partial charge in [-0.25, -0.2) is 0 Å². The first-order valence-electron chi connectivity index (χ1n) is 9.54. The number of amides is 2. The topological polar surface area (TPSA) is 76.3 Å². The van der Waals surface area contributed by atoms with Crippen molar-refractivity contribution < 1.29 is 9.59 Å². The second-order valence-corrected chi connectivity index (χ2v) is 7.32. The van der Waals surface area contributed by atoms with Gasteiger partial charge in [0.2, 0.25) is 0 Å². The first-order chi connectivity index (χ1) is 13.1. The number of hydrogen-bond acceptors (Lipinski definition) is 3. The Bertz CT molecular complexity index is 960. The lowest BCUT2D eigenvalue weighted by Gasteiger charge is -2.27. The van der Waals surface area contributed by atoms with Crippen LogP contribution in [0.25, 0.3) is 11.1 Å². The molecule has 27 heavy (non-hydrogen) atoms. The van der Waals surface area contributed by atoms with Crippen molar-refractivity contribution in [3.63, 3.8) is 0 Å². The molecule has 138 valence electrons. The number of pyridine rings is 1. The first-order valence-corrected chi connectivity index (χ1v) is 9.54. The summed E-state index contributed by atoms with van der Waals surface area (Å²) in [6.07, 6.45) is 10.0. The molecule has 4 rings (SSSR count). The molecule has 2 heterocycles. The van der Waals surface area contributed by atoms with Gasteiger partial charge in [-0.1, -0.05) is 17.6 Å². The number of hydrogen-bond donors (Lipinski definition) is 1. The number of carbonyl (C=O) groups excluding carboxylic acids is 2. The summed E-state index contributed by atoms with van der Waals surface area (Å²) < 4.78 is 0. The lowest BCUT2D eigenvalue weighted by molar-refractivity contribution is -0.124. The van der Waals surface area contributed by atoms with Crippen molar-refractivity contribution in [2.24, 2.45) is 5.73 Å². The Kier molecular flexibility index (Phi) is 4.57. The Hall–Kier alpha value is -2.87. The minimum atomic E-state index is -0.467. The fraction of sp³-hybridized carbons (Fsp3) is 0.409. The summed E-state index contributed by atoms with van der Waals surface area (Å²) in [6.45, 7) is 2.88. The molecule has 0 aromatic carbocycles. The summed E-state index contributed by atoms with van der Waals surface area (Å²) >= 11 is 0. The predicted octanol–water partition coefficient (Wildman–Crippen LogP) is 2.70. The number of fused-ring (bicyclic) bond motifs is 2. The van der Waals surface area contributed by atoms with Crippen molar-refractivity contribution in [2.75, 3.05) is 13.1 Å². The standard InChI is InChI=1S/C22H23N3O2/c1-2-6-19(26)25-10-5-8-15(13-25)18-12-24-21(22(23)27)17-11-14-7-3-4-9-16(14)20(17)18/h8,12H,3-5,7,9-11,13H2,1H3,(H2,23,27). The molecule has 1 aliphatic heterocycles. The van der Waals surface area contributed by atoms with E-state index in [1.807, 2.05) is 0 Å². The monoisotopic (exact) mass is 361 g/mol. The van der Waals surface area contributed by atoms with E-state index in [0.717, 1.165) is 47.9 Å². The zero-order valence-electron chi connectivity index (χ0n) is 15.6. The molecule has 0 saturated heterocycles. The molecule has 0 atom stereocenters. The highest BCUT2D eigenvalue weighted by Gasteiger charge is 2.32. The number of carbonyl (C=O) groups is 2. The van der Waals surface area contributed by atoms with Crippen molar-refractivity contribution in [3.8, 4) is 11.8 Å². The number of nitrogens with two attached hydrogens (primary N) is 1. The number of nitrogens with zero attached hydrogens (tertiary/aromatic N) is 2. The summed E-state index contributed by atoms with van der Waals surface area (Å²) in [5.41, 5.74) is 13.0. The van der Waals surface area contributed by atoms with Crippen LogP contribution in [0.5, 0.6) is 0 Å². The summed E-state index contributed by atoms with van der Waals surface area (Å²) in [5, 5.41) is 0. The molecular weight excluding hydrogens is 338 g/mol. The van der Waals surface area contributed by atoms with Gasteiger partial charge in [-0.15, -0.1) is 0 Å². The molecule has 2 N–H and O–H groups in total. The van der Waals surface area contributed by atoms with Gasteiger partial charge in [-0.2, -0.15) is 0 Å². The molecule has 0 spiro atoms. The van der Waals surface area contributed by atoms with Crippen LogP contribution >= 0.6 is 0 Å². The van der Waals surface area contributed by atoms with E-state index in [0.29, 0.717) is 18.8 Å². The largest absolute Gasteiger partial charge is 0.364 e. The third-order valence-corrected chi connectivity index (χ3v) is 5.70. The van der Waals surface area contributed by atoms with Gasteiger partial charge in [0.25, 0.3) is 11.8 Å². The molecule has 1 aromatic rings. The third kappa shape index (κ3) is 3.06. The Labute approximate surface area is 159 Å². The fourth-order valence-electron chi connectivity index (χ4n) is 4.50. The Balaban J connectivity index is 1.78. The minimum Gasteiger partial charge on any atom is -0.364 e. The van der Waals surface area contributed by atoms with Crippen LogP contribution in [-0.2, 0) is 11.2 Å². The molecule has 1 aromatic heterocycles. The van der Waals surface area contributed by atoms with Crippen molar-refractivity contribution in [1.29, 1.82) is 0 Å². The Morgan fingerprint density at radius 2 is 2.07 bits per heavy atom. The lowest BCUT2D eigenvalue weighted by Crippen LogP contribution is -2.34. The molecular formula is C22H23N3O2. The van der Waals surface area contributed by atoms with Gasteiger partial charge >= 0.3 is 0 Å². The van der Waals surface area contributed by atoms with E-state index < -0.39 is 5.91 Å². The van der Waals surface area contributed by atoms with E-state index in [-0.39, 0.29) is 5.91 Å². The highest BCUT2D eigenvalue weighted by atomic mass is 16.2. The number of allylic oxidation sites excluding steroid dienone is 2. The lowest BCUT2D eigenvalue weighted by atomic mass is 9.87. The van der Waals surface area contributed by atoms with Crippen LogP contribution in [0.4, 0.5) is 0 Å². The van der Waals surface area contributed by atoms with E-state index >= 15 is 0 Å². The Morgan fingerprint density at radius 1 is 1.26 bits per heavy atom. The number of primary amides is 1. The van der Waals surface area contributed by atoms with Crippen LogP contribution in [0.3, 0.4) is 0 Å². The second kappa shape index (κ2) is 7.03. The van der Waals surface area contributed by atoms with Gasteiger partial charge in [-0.05, 0) is 73.6 Å². The molecule has 0 fully saturated rings. The van der Waals surface area contributed by atoms with E-state index in [1.54, 1.807) is 18.0 Å². The summed E-state index contributed by atoms with van der Waals surface area (Å²) in [6, 6.07) is 0. The summed E-state index contributed by atoms with van der Waals surface area (Å²) in [4.78, 5) is 30.3. The highest BCUT2D eigenvalue weighted by Crippen LogP contribution is 2.45.